The lowest BCUT2D eigenvalue weighted by molar-refractivity contribution is 0.286. The van der Waals surface area contributed by atoms with E-state index in [1.54, 1.807) is 0 Å². The summed E-state index contributed by atoms with van der Waals surface area (Å²) in [6.45, 7) is 7.53. The van der Waals surface area contributed by atoms with Gasteiger partial charge in [-0.05, 0) is 31.2 Å². The van der Waals surface area contributed by atoms with Gasteiger partial charge < -0.3 is 9.88 Å². The number of imidazole rings is 1. The van der Waals surface area contributed by atoms with E-state index in [0.29, 0.717) is 0 Å². The average molecular weight is 258 g/mol. The first kappa shape index (κ1) is 14.5. The zero-order valence-corrected chi connectivity index (χ0v) is 11.7. The third kappa shape index (κ3) is 4.68. The van der Waals surface area contributed by atoms with Crippen LogP contribution in [-0.2, 0) is 6.54 Å². The first-order valence-electron chi connectivity index (χ1n) is 6.49. The molecule has 0 aliphatic rings. The van der Waals surface area contributed by atoms with Crippen LogP contribution in [0.4, 0.5) is 0 Å². The number of halogens is 1. The Bertz CT molecular complexity index is 273. The first-order chi connectivity index (χ1) is 8.26. The van der Waals surface area contributed by atoms with Crippen molar-refractivity contribution in [3.05, 3.63) is 18.7 Å². The van der Waals surface area contributed by atoms with Gasteiger partial charge >= 0.3 is 0 Å². The molecule has 1 rings (SSSR count). The van der Waals surface area contributed by atoms with Crippen LogP contribution in [0.1, 0.15) is 33.1 Å². The number of hydrogen-bond acceptors (Lipinski definition) is 2. The predicted molar refractivity (Wildman–Crippen MR) is 73.4 cm³/mol. The lowest BCUT2D eigenvalue weighted by Gasteiger charge is -2.29. The highest BCUT2D eigenvalue weighted by Crippen LogP contribution is 2.26. The summed E-state index contributed by atoms with van der Waals surface area (Å²) >= 11 is 6.07. The Morgan fingerprint density at radius 3 is 2.65 bits per heavy atom. The van der Waals surface area contributed by atoms with E-state index in [2.05, 4.69) is 28.7 Å². The maximum atomic E-state index is 6.07. The second kappa shape index (κ2) is 7.72. The molecule has 0 saturated carbocycles. The SMILES string of the molecule is CCC(CC)(CCl)CNCCCn1ccnc1. The van der Waals surface area contributed by atoms with Crippen molar-refractivity contribution in [2.45, 2.75) is 39.7 Å². The number of hydrogen-bond donors (Lipinski definition) is 1. The normalized spacial score (nSPS) is 11.9. The summed E-state index contributed by atoms with van der Waals surface area (Å²) in [4.78, 5) is 4.03. The highest BCUT2D eigenvalue weighted by molar-refractivity contribution is 6.18. The summed E-state index contributed by atoms with van der Waals surface area (Å²) in [5.41, 5.74) is 0.274. The van der Waals surface area contributed by atoms with E-state index >= 15 is 0 Å². The van der Waals surface area contributed by atoms with Crippen LogP contribution in [-0.4, -0.2) is 28.5 Å². The van der Waals surface area contributed by atoms with Crippen molar-refractivity contribution < 1.29 is 0 Å². The Labute approximate surface area is 110 Å². The summed E-state index contributed by atoms with van der Waals surface area (Å²) in [6, 6.07) is 0. The van der Waals surface area contributed by atoms with E-state index < -0.39 is 0 Å². The quantitative estimate of drug-likeness (QED) is 0.545. The topological polar surface area (TPSA) is 29.9 Å². The van der Waals surface area contributed by atoms with Crippen LogP contribution < -0.4 is 5.32 Å². The second-order valence-electron chi connectivity index (χ2n) is 4.67. The van der Waals surface area contributed by atoms with Crippen molar-refractivity contribution in [2.75, 3.05) is 19.0 Å². The summed E-state index contributed by atoms with van der Waals surface area (Å²) in [6.07, 6.45) is 9.09. The summed E-state index contributed by atoms with van der Waals surface area (Å²) in [5.74, 6) is 0.745. The molecule has 0 unspecified atom stereocenters. The monoisotopic (exact) mass is 257 g/mol. The largest absolute Gasteiger partial charge is 0.337 e. The smallest absolute Gasteiger partial charge is 0.0945 e. The predicted octanol–water partition coefficient (Wildman–Crippen LogP) is 2.91. The van der Waals surface area contributed by atoms with Gasteiger partial charge in [-0.25, -0.2) is 4.98 Å². The number of nitrogens with zero attached hydrogens (tertiary/aromatic N) is 2. The Hall–Kier alpha value is -0.540. The number of nitrogens with one attached hydrogen (secondary N) is 1. The number of rotatable bonds is 9. The second-order valence-corrected chi connectivity index (χ2v) is 4.94. The van der Waals surface area contributed by atoms with E-state index in [1.807, 2.05) is 18.7 Å². The van der Waals surface area contributed by atoms with E-state index in [9.17, 15) is 0 Å². The summed E-state index contributed by atoms with van der Waals surface area (Å²) in [5, 5.41) is 3.52. The van der Waals surface area contributed by atoms with Crippen molar-refractivity contribution in [2.24, 2.45) is 5.41 Å². The standard InChI is InChI=1S/C13H24ClN3/c1-3-13(4-2,10-14)11-15-6-5-8-17-9-7-16-12-17/h7,9,12,15H,3-6,8,10-11H2,1-2H3. The van der Waals surface area contributed by atoms with Crippen molar-refractivity contribution in [3.63, 3.8) is 0 Å². The number of aryl methyl sites for hydroxylation is 1. The fourth-order valence-corrected chi connectivity index (χ4v) is 2.37. The van der Waals surface area contributed by atoms with Crippen molar-refractivity contribution in [3.8, 4) is 0 Å². The van der Waals surface area contributed by atoms with Crippen LogP contribution in [0, 0.1) is 5.41 Å². The van der Waals surface area contributed by atoms with Crippen LogP contribution in [0.2, 0.25) is 0 Å². The summed E-state index contributed by atoms with van der Waals surface area (Å²) in [7, 11) is 0. The molecule has 0 aliphatic carbocycles. The number of alkyl halides is 1. The Balaban J connectivity index is 2.14. The molecule has 3 nitrogen and oxygen atoms in total. The molecular formula is C13H24ClN3. The molecule has 0 saturated heterocycles. The van der Waals surface area contributed by atoms with Crippen molar-refractivity contribution in [1.82, 2.24) is 14.9 Å². The molecule has 0 radical (unpaired) electrons. The van der Waals surface area contributed by atoms with Gasteiger partial charge in [0, 0.05) is 31.4 Å². The number of aromatic nitrogens is 2. The minimum atomic E-state index is 0.274. The average Bonchev–Trinajstić information content (AvgIpc) is 2.88. The van der Waals surface area contributed by atoms with E-state index in [4.69, 9.17) is 11.6 Å². The maximum absolute atomic E-state index is 6.07. The molecule has 0 spiro atoms. The maximum Gasteiger partial charge on any atom is 0.0945 e. The Morgan fingerprint density at radius 2 is 2.12 bits per heavy atom. The molecule has 0 fully saturated rings. The lowest BCUT2D eigenvalue weighted by Crippen LogP contribution is -2.35. The minimum Gasteiger partial charge on any atom is -0.337 e. The third-order valence-corrected chi connectivity index (χ3v) is 4.18. The van der Waals surface area contributed by atoms with Gasteiger partial charge in [-0.2, -0.15) is 0 Å². The van der Waals surface area contributed by atoms with Crippen molar-refractivity contribution >= 4 is 11.6 Å². The van der Waals surface area contributed by atoms with Gasteiger partial charge in [0.25, 0.3) is 0 Å². The molecule has 1 N–H and O–H groups in total. The lowest BCUT2D eigenvalue weighted by atomic mass is 9.84. The van der Waals surface area contributed by atoms with Gasteiger partial charge in [-0.3, -0.25) is 0 Å². The molecular weight excluding hydrogens is 234 g/mol. The van der Waals surface area contributed by atoms with Crippen LogP contribution in [0.15, 0.2) is 18.7 Å². The van der Waals surface area contributed by atoms with Crippen LogP contribution in [0.5, 0.6) is 0 Å². The molecule has 17 heavy (non-hydrogen) atoms. The van der Waals surface area contributed by atoms with Crippen LogP contribution in [0.25, 0.3) is 0 Å². The molecule has 98 valence electrons. The van der Waals surface area contributed by atoms with E-state index in [1.165, 1.54) is 0 Å². The highest BCUT2D eigenvalue weighted by Gasteiger charge is 2.24. The molecule has 1 aromatic rings. The molecule has 0 aromatic carbocycles. The Morgan fingerprint density at radius 1 is 1.35 bits per heavy atom. The molecule has 0 amide bonds. The minimum absolute atomic E-state index is 0.274. The summed E-state index contributed by atoms with van der Waals surface area (Å²) < 4.78 is 2.11. The van der Waals surface area contributed by atoms with Gasteiger partial charge in [0.1, 0.15) is 0 Å². The van der Waals surface area contributed by atoms with Gasteiger partial charge in [-0.15, -0.1) is 11.6 Å². The molecule has 0 aliphatic heterocycles. The zero-order chi connectivity index (χ0) is 12.6. The first-order valence-corrected chi connectivity index (χ1v) is 7.02. The third-order valence-electron chi connectivity index (χ3n) is 3.61. The zero-order valence-electron chi connectivity index (χ0n) is 11.0. The van der Waals surface area contributed by atoms with Gasteiger partial charge in [0.05, 0.1) is 6.33 Å². The molecule has 4 heteroatoms. The molecule has 1 aromatic heterocycles. The van der Waals surface area contributed by atoms with E-state index in [-0.39, 0.29) is 5.41 Å². The van der Waals surface area contributed by atoms with Gasteiger partial charge in [0.15, 0.2) is 0 Å². The molecule has 0 atom stereocenters. The highest BCUT2D eigenvalue weighted by atomic mass is 35.5. The molecule has 1 heterocycles. The van der Waals surface area contributed by atoms with Gasteiger partial charge in [-0.1, -0.05) is 13.8 Å². The van der Waals surface area contributed by atoms with E-state index in [0.717, 1.165) is 44.8 Å². The van der Waals surface area contributed by atoms with Crippen molar-refractivity contribution in [1.29, 1.82) is 0 Å². The van der Waals surface area contributed by atoms with Crippen LogP contribution >= 0.6 is 11.6 Å². The Kier molecular flexibility index (Phi) is 6.60. The van der Waals surface area contributed by atoms with Crippen LogP contribution in [0.3, 0.4) is 0 Å². The fourth-order valence-electron chi connectivity index (χ4n) is 1.90. The molecule has 0 bridgehead atoms. The van der Waals surface area contributed by atoms with Gasteiger partial charge in [0.2, 0.25) is 0 Å². The fraction of sp³-hybridized carbons (Fsp3) is 0.769.